The van der Waals surface area contributed by atoms with E-state index in [9.17, 15) is 4.79 Å². The van der Waals surface area contributed by atoms with Crippen LogP contribution in [0.25, 0.3) is 34.2 Å². The van der Waals surface area contributed by atoms with Crippen LogP contribution in [0.1, 0.15) is 5.56 Å². The molecule has 0 aliphatic carbocycles. The van der Waals surface area contributed by atoms with Crippen molar-refractivity contribution in [3.05, 3.63) is 70.9 Å². The fourth-order valence-electron chi connectivity index (χ4n) is 2.46. The summed E-state index contributed by atoms with van der Waals surface area (Å²) in [6.45, 7) is 1.90. The van der Waals surface area contributed by atoms with E-state index in [1.165, 1.54) is 6.20 Å². The van der Waals surface area contributed by atoms with Crippen LogP contribution in [0.4, 0.5) is 0 Å². The van der Waals surface area contributed by atoms with Crippen LogP contribution in [0.5, 0.6) is 0 Å². The highest BCUT2D eigenvalue weighted by Crippen LogP contribution is 2.22. The number of aromatic nitrogens is 5. The van der Waals surface area contributed by atoms with E-state index >= 15 is 0 Å². The zero-order chi connectivity index (χ0) is 17.2. The smallest absolute Gasteiger partial charge is 0.265 e. The standard InChI is InChI=1S/C18H13N5O2/c1-11-9-19-8-7-13(11)16-22-18(25-23-16)14-10-20-15(21-17(14)24)12-5-3-2-4-6-12/h2-10H,1H3,(H,20,21,24). The molecule has 0 aliphatic heterocycles. The molecule has 0 amide bonds. The number of H-pyrrole nitrogens is 1. The van der Waals surface area contributed by atoms with Gasteiger partial charge in [0.15, 0.2) is 0 Å². The molecule has 0 aliphatic rings. The van der Waals surface area contributed by atoms with Crippen LogP contribution in [0.15, 0.2) is 64.3 Å². The van der Waals surface area contributed by atoms with Gasteiger partial charge in [-0.1, -0.05) is 35.5 Å². The van der Waals surface area contributed by atoms with Gasteiger partial charge < -0.3 is 9.51 Å². The van der Waals surface area contributed by atoms with E-state index in [1.54, 1.807) is 18.5 Å². The van der Waals surface area contributed by atoms with Gasteiger partial charge in [-0.3, -0.25) is 9.78 Å². The third-order valence-electron chi connectivity index (χ3n) is 3.76. The average molecular weight is 331 g/mol. The fraction of sp³-hybridized carbons (Fsp3) is 0.0556. The molecular formula is C18H13N5O2. The van der Waals surface area contributed by atoms with E-state index < -0.39 is 0 Å². The summed E-state index contributed by atoms with van der Waals surface area (Å²) in [6.07, 6.45) is 4.81. The van der Waals surface area contributed by atoms with Crippen LogP contribution in [0, 0.1) is 6.92 Å². The molecule has 4 aromatic rings. The van der Waals surface area contributed by atoms with Gasteiger partial charge in [0.1, 0.15) is 11.4 Å². The Bertz CT molecular complexity index is 1090. The van der Waals surface area contributed by atoms with Crippen LogP contribution < -0.4 is 5.56 Å². The Morgan fingerprint density at radius 3 is 2.64 bits per heavy atom. The molecule has 0 saturated heterocycles. The van der Waals surface area contributed by atoms with E-state index in [0.717, 1.165) is 16.7 Å². The molecular weight excluding hydrogens is 318 g/mol. The summed E-state index contributed by atoms with van der Waals surface area (Å²) in [7, 11) is 0. The Morgan fingerprint density at radius 1 is 1.04 bits per heavy atom. The fourth-order valence-corrected chi connectivity index (χ4v) is 2.46. The van der Waals surface area contributed by atoms with Crippen LogP contribution in [0.3, 0.4) is 0 Å². The number of pyridine rings is 1. The van der Waals surface area contributed by atoms with Gasteiger partial charge >= 0.3 is 0 Å². The Hall–Kier alpha value is -3.61. The molecule has 0 unspecified atom stereocenters. The molecule has 0 spiro atoms. The van der Waals surface area contributed by atoms with Crippen molar-refractivity contribution in [3.63, 3.8) is 0 Å². The monoisotopic (exact) mass is 331 g/mol. The number of nitrogens with one attached hydrogen (secondary N) is 1. The number of rotatable bonds is 3. The topological polar surface area (TPSA) is 97.6 Å². The van der Waals surface area contributed by atoms with E-state index in [-0.39, 0.29) is 17.0 Å². The SMILES string of the molecule is Cc1cnccc1-c1noc(-c2cnc(-c3ccccc3)[nH]c2=O)n1. The lowest BCUT2D eigenvalue weighted by Crippen LogP contribution is -2.11. The van der Waals surface area contributed by atoms with Gasteiger partial charge in [-0.05, 0) is 18.6 Å². The normalized spacial score (nSPS) is 10.8. The zero-order valence-electron chi connectivity index (χ0n) is 13.3. The van der Waals surface area contributed by atoms with Crippen molar-refractivity contribution < 1.29 is 4.52 Å². The lowest BCUT2D eigenvalue weighted by molar-refractivity contribution is 0.431. The summed E-state index contributed by atoms with van der Waals surface area (Å²) >= 11 is 0. The molecule has 25 heavy (non-hydrogen) atoms. The molecule has 0 saturated carbocycles. The van der Waals surface area contributed by atoms with Crippen LogP contribution in [0.2, 0.25) is 0 Å². The van der Waals surface area contributed by atoms with Crippen LogP contribution in [-0.4, -0.2) is 25.1 Å². The summed E-state index contributed by atoms with van der Waals surface area (Å²) in [4.78, 5) is 27.8. The molecule has 1 aromatic carbocycles. The quantitative estimate of drug-likeness (QED) is 0.620. The van der Waals surface area contributed by atoms with Crippen molar-refractivity contribution in [2.24, 2.45) is 0 Å². The first kappa shape index (κ1) is 14.9. The number of aromatic amines is 1. The minimum absolute atomic E-state index is 0.125. The molecule has 3 aromatic heterocycles. The Labute approximate surface area is 142 Å². The third kappa shape index (κ3) is 2.83. The molecule has 0 radical (unpaired) electrons. The second kappa shape index (κ2) is 6.12. The molecule has 0 fully saturated rings. The summed E-state index contributed by atoms with van der Waals surface area (Å²) < 4.78 is 5.25. The predicted molar refractivity (Wildman–Crippen MR) is 91.6 cm³/mol. The van der Waals surface area contributed by atoms with Crippen molar-refractivity contribution in [3.8, 4) is 34.2 Å². The van der Waals surface area contributed by atoms with Crippen LogP contribution in [-0.2, 0) is 0 Å². The van der Waals surface area contributed by atoms with E-state index in [4.69, 9.17) is 4.52 Å². The predicted octanol–water partition coefficient (Wildman–Crippen LogP) is 2.86. The van der Waals surface area contributed by atoms with Gasteiger partial charge in [-0.15, -0.1) is 0 Å². The second-order valence-electron chi connectivity index (χ2n) is 5.45. The number of aryl methyl sites for hydroxylation is 1. The average Bonchev–Trinajstić information content (AvgIpc) is 3.12. The Balaban J connectivity index is 1.72. The van der Waals surface area contributed by atoms with E-state index in [1.807, 2.05) is 37.3 Å². The van der Waals surface area contributed by atoms with Gasteiger partial charge in [0.25, 0.3) is 11.4 Å². The highest BCUT2D eigenvalue weighted by molar-refractivity contribution is 5.62. The lowest BCUT2D eigenvalue weighted by Gasteiger charge is -2.00. The number of benzene rings is 1. The van der Waals surface area contributed by atoms with Gasteiger partial charge in [-0.25, -0.2) is 4.98 Å². The first-order valence-electron chi connectivity index (χ1n) is 7.62. The summed E-state index contributed by atoms with van der Waals surface area (Å²) in [5.41, 5.74) is 2.43. The molecule has 7 nitrogen and oxygen atoms in total. The van der Waals surface area contributed by atoms with Crippen molar-refractivity contribution >= 4 is 0 Å². The van der Waals surface area contributed by atoms with E-state index in [0.29, 0.717) is 11.6 Å². The van der Waals surface area contributed by atoms with Gasteiger partial charge in [0, 0.05) is 29.7 Å². The highest BCUT2D eigenvalue weighted by atomic mass is 16.5. The van der Waals surface area contributed by atoms with Gasteiger partial charge in [0.2, 0.25) is 5.82 Å². The van der Waals surface area contributed by atoms with E-state index in [2.05, 4.69) is 25.1 Å². The van der Waals surface area contributed by atoms with Crippen molar-refractivity contribution in [2.75, 3.05) is 0 Å². The minimum Gasteiger partial charge on any atom is -0.333 e. The maximum absolute atomic E-state index is 12.4. The molecule has 3 heterocycles. The number of hydrogen-bond acceptors (Lipinski definition) is 6. The van der Waals surface area contributed by atoms with Crippen molar-refractivity contribution in [1.29, 1.82) is 0 Å². The Morgan fingerprint density at radius 2 is 1.88 bits per heavy atom. The molecule has 0 atom stereocenters. The summed E-state index contributed by atoms with van der Waals surface area (Å²) in [5, 5.41) is 3.95. The maximum atomic E-state index is 12.4. The van der Waals surface area contributed by atoms with Gasteiger partial charge in [0.05, 0.1) is 0 Å². The molecule has 0 bridgehead atoms. The molecule has 122 valence electrons. The third-order valence-corrected chi connectivity index (χ3v) is 3.76. The maximum Gasteiger partial charge on any atom is 0.265 e. The first-order valence-corrected chi connectivity index (χ1v) is 7.62. The largest absolute Gasteiger partial charge is 0.333 e. The summed E-state index contributed by atoms with van der Waals surface area (Å²) in [6, 6.07) is 11.2. The number of hydrogen-bond donors (Lipinski definition) is 1. The molecule has 4 rings (SSSR count). The zero-order valence-corrected chi connectivity index (χ0v) is 13.3. The molecule has 7 heteroatoms. The lowest BCUT2D eigenvalue weighted by atomic mass is 10.1. The molecule has 1 N–H and O–H groups in total. The number of nitrogens with zero attached hydrogens (tertiary/aromatic N) is 4. The highest BCUT2D eigenvalue weighted by Gasteiger charge is 2.16. The van der Waals surface area contributed by atoms with Gasteiger partial charge in [-0.2, -0.15) is 4.98 Å². The first-order chi connectivity index (χ1) is 12.2. The van der Waals surface area contributed by atoms with Crippen LogP contribution >= 0.6 is 0 Å². The minimum atomic E-state index is -0.337. The van der Waals surface area contributed by atoms with Crippen molar-refractivity contribution in [2.45, 2.75) is 6.92 Å². The Kier molecular flexibility index (Phi) is 3.66. The second-order valence-corrected chi connectivity index (χ2v) is 5.45. The summed E-state index contributed by atoms with van der Waals surface area (Å²) in [5.74, 6) is 1.01. The van der Waals surface area contributed by atoms with Crippen molar-refractivity contribution in [1.82, 2.24) is 25.1 Å².